The van der Waals surface area contributed by atoms with Crippen LogP contribution in [0.1, 0.15) is 37.1 Å². The number of anilines is 1. The smallest absolute Gasteiger partial charge is 0.128 e. The number of aromatic nitrogens is 1. The zero-order chi connectivity index (χ0) is 23.2. The van der Waals surface area contributed by atoms with Gasteiger partial charge in [-0.25, -0.2) is 4.39 Å². The van der Waals surface area contributed by atoms with Crippen LogP contribution < -0.4 is 5.32 Å². The van der Waals surface area contributed by atoms with Crippen LogP contribution in [0.25, 0.3) is 22.0 Å². The predicted molar refractivity (Wildman–Crippen MR) is 136 cm³/mol. The third-order valence-electron chi connectivity index (χ3n) is 6.18. The molecule has 0 atom stereocenters. The van der Waals surface area contributed by atoms with Gasteiger partial charge in [-0.2, -0.15) is 0 Å². The van der Waals surface area contributed by atoms with Crippen molar-refractivity contribution in [1.29, 1.82) is 0 Å². The van der Waals surface area contributed by atoms with Crippen molar-refractivity contribution in [1.82, 2.24) is 4.57 Å². The average molecular weight is 445 g/mol. The number of nitrogens with zero attached hydrogens (tertiary/aromatic N) is 1. The van der Waals surface area contributed by atoms with Gasteiger partial charge in [0, 0.05) is 47.5 Å². The van der Waals surface area contributed by atoms with Gasteiger partial charge in [-0.1, -0.05) is 55.8 Å². The normalized spacial score (nSPS) is 11.3. The zero-order valence-electron chi connectivity index (χ0n) is 19.8. The Balaban J connectivity index is 1.59. The van der Waals surface area contributed by atoms with Crippen molar-refractivity contribution in [3.05, 3.63) is 89.4 Å². The second kappa shape index (κ2) is 10.7. The molecule has 4 aromatic rings. The molecule has 0 spiro atoms. The number of aryl methyl sites for hydroxylation is 1. The third-order valence-corrected chi connectivity index (χ3v) is 6.18. The molecule has 1 heterocycles. The molecule has 1 N–H and O–H groups in total. The minimum atomic E-state index is -0.133. The number of hydrogen-bond acceptors (Lipinski definition) is 2. The van der Waals surface area contributed by atoms with Crippen molar-refractivity contribution < 1.29 is 9.13 Å². The molecule has 1 aromatic heterocycles. The lowest BCUT2D eigenvalue weighted by Gasteiger charge is -2.11. The lowest BCUT2D eigenvalue weighted by Crippen LogP contribution is -2.07. The second-order valence-electron chi connectivity index (χ2n) is 8.44. The van der Waals surface area contributed by atoms with E-state index in [-0.39, 0.29) is 5.82 Å². The fourth-order valence-electron chi connectivity index (χ4n) is 4.55. The summed E-state index contributed by atoms with van der Waals surface area (Å²) < 4.78 is 22.3. The molecule has 172 valence electrons. The van der Waals surface area contributed by atoms with Crippen LogP contribution in [0.3, 0.4) is 0 Å². The van der Waals surface area contributed by atoms with Crippen molar-refractivity contribution in [2.75, 3.05) is 18.5 Å². The fraction of sp³-hybridized carbons (Fsp3) is 0.310. The Morgan fingerprint density at radius 3 is 2.61 bits per heavy atom. The Hall–Kier alpha value is -3.11. The van der Waals surface area contributed by atoms with E-state index in [2.05, 4.69) is 72.3 Å². The summed E-state index contributed by atoms with van der Waals surface area (Å²) in [7, 11) is 0. The van der Waals surface area contributed by atoms with Gasteiger partial charge in [0.15, 0.2) is 0 Å². The molecule has 0 aliphatic heterocycles. The highest BCUT2D eigenvalue weighted by Crippen LogP contribution is 2.35. The highest BCUT2D eigenvalue weighted by atomic mass is 19.1. The SMILES string of the molecule is CCCc1ccc(NCc2cccc(-c3c(C)n(CCOCC)c4ccccc34)c2)cc1F. The van der Waals surface area contributed by atoms with Crippen LogP contribution in [0.2, 0.25) is 0 Å². The number of ether oxygens (including phenoxy) is 1. The Morgan fingerprint density at radius 2 is 1.82 bits per heavy atom. The van der Waals surface area contributed by atoms with Crippen molar-refractivity contribution in [2.24, 2.45) is 0 Å². The number of para-hydroxylation sites is 1. The summed E-state index contributed by atoms with van der Waals surface area (Å²) in [4.78, 5) is 0. The molecule has 0 saturated carbocycles. The summed E-state index contributed by atoms with van der Waals surface area (Å²) in [5.74, 6) is -0.133. The minimum absolute atomic E-state index is 0.133. The van der Waals surface area contributed by atoms with Gasteiger partial charge in [0.1, 0.15) is 5.82 Å². The maximum atomic E-state index is 14.3. The topological polar surface area (TPSA) is 26.2 Å². The Morgan fingerprint density at radius 1 is 0.970 bits per heavy atom. The molecule has 4 rings (SSSR count). The zero-order valence-corrected chi connectivity index (χ0v) is 19.8. The van der Waals surface area contributed by atoms with Crippen molar-refractivity contribution in [3.63, 3.8) is 0 Å². The van der Waals surface area contributed by atoms with Crippen LogP contribution in [0, 0.1) is 12.7 Å². The van der Waals surface area contributed by atoms with E-state index in [4.69, 9.17) is 4.74 Å². The first-order valence-electron chi connectivity index (χ1n) is 11.9. The van der Waals surface area contributed by atoms with Gasteiger partial charge < -0.3 is 14.6 Å². The number of benzene rings is 3. The van der Waals surface area contributed by atoms with Crippen LogP contribution in [0.4, 0.5) is 10.1 Å². The van der Waals surface area contributed by atoms with E-state index in [0.29, 0.717) is 13.2 Å². The summed E-state index contributed by atoms with van der Waals surface area (Å²) in [5, 5.41) is 4.63. The van der Waals surface area contributed by atoms with Crippen LogP contribution in [-0.4, -0.2) is 17.8 Å². The van der Waals surface area contributed by atoms with E-state index in [9.17, 15) is 4.39 Å². The van der Waals surface area contributed by atoms with E-state index >= 15 is 0 Å². The van der Waals surface area contributed by atoms with Crippen LogP contribution in [0.5, 0.6) is 0 Å². The van der Waals surface area contributed by atoms with E-state index in [1.54, 1.807) is 6.07 Å². The molecule has 0 aliphatic carbocycles. The molecule has 0 unspecified atom stereocenters. The lowest BCUT2D eigenvalue weighted by atomic mass is 10.00. The Kier molecular flexibility index (Phi) is 7.46. The summed E-state index contributed by atoms with van der Waals surface area (Å²) >= 11 is 0. The van der Waals surface area contributed by atoms with Gasteiger partial charge in [-0.3, -0.25) is 0 Å². The summed E-state index contributed by atoms with van der Waals surface area (Å²) in [6.45, 7) is 9.19. The van der Waals surface area contributed by atoms with E-state index < -0.39 is 0 Å². The number of halogens is 1. The summed E-state index contributed by atoms with van der Waals surface area (Å²) in [6, 6.07) is 22.6. The second-order valence-corrected chi connectivity index (χ2v) is 8.44. The highest BCUT2D eigenvalue weighted by Gasteiger charge is 2.15. The molecule has 0 bridgehead atoms. The summed E-state index contributed by atoms with van der Waals surface area (Å²) in [6.07, 6.45) is 1.71. The first-order valence-corrected chi connectivity index (χ1v) is 11.9. The van der Waals surface area contributed by atoms with E-state index in [1.807, 2.05) is 19.1 Å². The van der Waals surface area contributed by atoms with Crippen LogP contribution in [0.15, 0.2) is 66.7 Å². The average Bonchev–Trinajstić information content (AvgIpc) is 3.11. The maximum absolute atomic E-state index is 14.3. The van der Waals surface area contributed by atoms with Crippen LogP contribution in [-0.2, 0) is 24.2 Å². The fourth-order valence-corrected chi connectivity index (χ4v) is 4.55. The molecule has 3 aromatic carbocycles. The minimum Gasteiger partial charge on any atom is -0.381 e. The molecule has 0 amide bonds. The largest absolute Gasteiger partial charge is 0.381 e. The Bertz CT molecular complexity index is 1230. The lowest BCUT2D eigenvalue weighted by molar-refractivity contribution is 0.139. The first-order chi connectivity index (χ1) is 16.1. The molecule has 3 nitrogen and oxygen atoms in total. The van der Waals surface area contributed by atoms with E-state index in [1.165, 1.54) is 27.7 Å². The summed E-state index contributed by atoms with van der Waals surface area (Å²) in [5.41, 5.74) is 7.69. The highest BCUT2D eigenvalue weighted by molar-refractivity contribution is 5.98. The Labute approximate surface area is 196 Å². The first kappa shape index (κ1) is 23.1. The number of nitrogens with one attached hydrogen (secondary N) is 1. The number of hydrogen-bond donors (Lipinski definition) is 1. The molecule has 4 heteroatoms. The molecule has 33 heavy (non-hydrogen) atoms. The van der Waals surface area contributed by atoms with Crippen molar-refractivity contribution in [3.8, 4) is 11.1 Å². The van der Waals surface area contributed by atoms with Gasteiger partial charge >= 0.3 is 0 Å². The number of fused-ring (bicyclic) bond motifs is 1. The predicted octanol–water partition coefficient (Wildman–Crippen LogP) is 7.36. The van der Waals surface area contributed by atoms with Gasteiger partial charge in [0.2, 0.25) is 0 Å². The molecule has 0 fully saturated rings. The van der Waals surface area contributed by atoms with Gasteiger partial charge in [0.25, 0.3) is 0 Å². The van der Waals surface area contributed by atoms with Gasteiger partial charge in [-0.15, -0.1) is 0 Å². The van der Waals surface area contributed by atoms with Crippen molar-refractivity contribution >= 4 is 16.6 Å². The molecule has 0 saturated heterocycles. The van der Waals surface area contributed by atoms with Gasteiger partial charge in [-0.05, 0) is 61.2 Å². The molecule has 0 aliphatic rings. The quantitative estimate of drug-likeness (QED) is 0.259. The van der Waals surface area contributed by atoms with Crippen molar-refractivity contribution in [2.45, 2.75) is 46.7 Å². The standard InChI is InChI=1S/C29H33FN2O/c1-4-9-23-14-15-25(19-27(23)30)31-20-22-10-8-11-24(18-22)29-21(3)32(16-17-33-5-2)28-13-7-6-12-26(28)29/h6-8,10-15,18-19,31H,4-5,9,16-17,20H2,1-3H3. The number of rotatable bonds is 10. The van der Waals surface area contributed by atoms with Gasteiger partial charge in [0.05, 0.1) is 6.61 Å². The van der Waals surface area contributed by atoms with Crippen LogP contribution >= 0.6 is 0 Å². The maximum Gasteiger partial charge on any atom is 0.128 e. The van der Waals surface area contributed by atoms with E-state index in [0.717, 1.165) is 42.8 Å². The molecule has 0 radical (unpaired) electrons. The molecular formula is C29H33FN2O. The monoisotopic (exact) mass is 444 g/mol. The molecular weight excluding hydrogens is 411 g/mol. The third kappa shape index (κ3) is 5.12.